The average molecular weight is 501 g/mol. The first-order chi connectivity index (χ1) is 17.7. The Hall–Kier alpha value is -3.31. The number of para-hydroxylation sites is 1. The topological polar surface area (TPSA) is 69.8 Å². The van der Waals surface area contributed by atoms with E-state index in [0.717, 1.165) is 72.1 Å². The average Bonchev–Trinajstić information content (AvgIpc) is 3.31. The number of anilines is 1. The number of aryl methyl sites for hydroxylation is 1. The van der Waals surface area contributed by atoms with Crippen LogP contribution in [0.1, 0.15) is 55.3 Å². The van der Waals surface area contributed by atoms with Gasteiger partial charge >= 0.3 is 0 Å². The number of nitrogens with zero attached hydrogens (tertiary/aromatic N) is 1. The fraction of sp³-hybridized carbons (Fsp3) is 0.333. The number of H-pyrrole nitrogens is 1. The minimum absolute atomic E-state index is 0.0450. The molecule has 5 nitrogen and oxygen atoms in total. The fourth-order valence-corrected chi connectivity index (χ4v) is 5.25. The summed E-state index contributed by atoms with van der Waals surface area (Å²) >= 11 is 6.23. The molecule has 1 aliphatic carbocycles. The Bertz CT molecular complexity index is 1390. The van der Waals surface area contributed by atoms with Crippen molar-refractivity contribution in [1.29, 1.82) is 0 Å². The highest BCUT2D eigenvalue weighted by molar-refractivity contribution is 6.31. The molecule has 0 aliphatic heterocycles. The van der Waals surface area contributed by atoms with Gasteiger partial charge in [0.15, 0.2) is 0 Å². The van der Waals surface area contributed by atoms with Crippen molar-refractivity contribution in [3.8, 4) is 0 Å². The molecule has 0 saturated heterocycles. The lowest BCUT2D eigenvalue weighted by Crippen LogP contribution is -2.22. The molecule has 0 bridgehead atoms. The lowest BCUT2D eigenvalue weighted by molar-refractivity contribution is -0.116. The highest BCUT2D eigenvalue weighted by atomic mass is 35.5. The summed E-state index contributed by atoms with van der Waals surface area (Å²) in [5.74, 6) is -0.0450. The number of aromatic amines is 1. The molecule has 0 atom stereocenters. The summed E-state index contributed by atoms with van der Waals surface area (Å²) in [6.07, 6.45) is 14.3. The van der Waals surface area contributed by atoms with Crippen LogP contribution in [-0.2, 0) is 17.6 Å². The van der Waals surface area contributed by atoms with Gasteiger partial charge in [-0.3, -0.25) is 9.78 Å². The van der Waals surface area contributed by atoms with Crippen molar-refractivity contribution in [2.45, 2.75) is 51.4 Å². The second-order valence-electron chi connectivity index (χ2n) is 9.54. The second kappa shape index (κ2) is 11.6. The standard InChI is InChI=1S/C30H33ClN4O/c31-22-14-15-25-28(19-22)35-27-12-6-4-10-24(27)30(25)33-18-8-2-1-7-17-32-29(36)16-13-21-20-34-26-11-5-3-9-23(21)26/h3,5,9,11,13-16,19-20,34H,1-2,4,6-8,10,12,17-18H2,(H,32,36)(H,33,35)/b16-13-. The van der Waals surface area contributed by atoms with E-state index >= 15 is 0 Å². The van der Waals surface area contributed by atoms with E-state index in [1.54, 1.807) is 6.08 Å². The molecule has 2 aromatic carbocycles. The first-order valence-corrected chi connectivity index (χ1v) is 13.4. The van der Waals surface area contributed by atoms with Gasteiger partial charge in [-0.1, -0.05) is 42.6 Å². The van der Waals surface area contributed by atoms with Gasteiger partial charge in [0.25, 0.3) is 0 Å². The molecule has 0 fully saturated rings. The van der Waals surface area contributed by atoms with Gasteiger partial charge in [0.1, 0.15) is 0 Å². The lowest BCUT2D eigenvalue weighted by Gasteiger charge is -2.22. The number of unbranched alkanes of at least 4 members (excludes halogenated alkanes) is 3. The lowest BCUT2D eigenvalue weighted by atomic mass is 9.92. The van der Waals surface area contributed by atoms with Gasteiger partial charge in [0.2, 0.25) is 5.91 Å². The molecule has 186 valence electrons. The molecule has 3 N–H and O–H groups in total. The fourth-order valence-electron chi connectivity index (χ4n) is 5.09. The highest BCUT2D eigenvalue weighted by Crippen LogP contribution is 2.34. The second-order valence-corrected chi connectivity index (χ2v) is 9.97. The predicted octanol–water partition coefficient (Wildman–Crippen LogP) is 7.05. The number of nitrogens with one attached hydrogen (secondary N) is 3. The van der Waals surface area contributed by atoms with Crippen molar-refractivity contribution >= 4 is 51.1 Å². The summed E-state index contributed by atoms with van der Waals surface area (Å²) < 4.78 is 0. The SMILES string of the molecule is O=C(/C=C\c1c[nH]c2ccccc12)NCCCCCCNc1c2c(nc3cc(Cl)ccc13)CCCC2. The number of halogens is 1. The zero-order chi connectivity index (χ0) is 24.7. The van der Waals surface area contributed by atoms with E-state index in [4.69, 9.17) is 16.6 Å². The molecule has 0 unspecified atom stereocenters. The molecule has 2 aromatic heterocycles. The van der Waals surface area contributed by atoms with Gasteiger partial charge in [0, 0.05) is 58.1 Å². The molecule has 5 rings (SSSR count). The molecule has 36 heavy (non-hydrogen) atoms. The number of amides is 1. The molecule has 1 aliphatic rings. The van der Waals surface area contributed by atoms with E-state index in [1.807, 2.05) is 42.6 Å². The van der Waals surface area contributed by atoms with E-state index < -0.39 is 0 Å². The Morgan fingerprint density at radius 2 is 1.83 bits per heavy atom. The van der Waals surface area contributed by atoms with Gasteiger partial charge in [-0.2, -0.15) is 0 Å². The number of carbonyl (C=O) groups is 1. The number of benzene rings is 2. The molecule has 0 spiro atoms. The number of pyridine rings is 1. The van der Waals surface area contributed by atoms with E-state index in [1.165, 1.54) is 35.2 Å². The monoisotopic (exact) mass is 500 g/mol. The number of carbonyl (C=O) groups excluding carboxylic acids is 1. The quantitative estimate of drug-likeness (QED) is 0.161. The highest BCUT2D eigenvalue weighted by Gasteiger charge is 2.18. The van der Waals surface area contributed by atoms with Gasteiger partial charge < -0.3 is 15.6 Å². The molecule has 0 radical (unpaired) electrons. The maximum absolute atomic E-state index is 12.2. The van der Waals surface area contributed by atoms with Crippen LogP contribution in [-0.4, -0.2) is 29.0 Å². The summed E-state index contributed by atoms with van der Waals surface area (Å²) in [5, 5.41) is 9.75. The minimum Gasteiger partial charge on any atom is -0.384 e. The Balaban J connectivity index is 1.04. The Kier molecular flexibility index (Phi) is 7.87. The van der Waals surface area contributed by atoms with Crippen LogP contribution in [0, 0.1) is 0 Å². The summed E-state index contributed by atoms with van der Waals surface area (Å²) in [6.45, 7) is 1.64. The number of rotatable bonds is 10. The first-order valence-electron chi connectivity index (χ1n) is 13.1. The van der Waals surface area contributed by atoms with Crippen LogP contribution >= 0.6 is 11.6 Å². The maximum Gasteiger partial charge on any atom is 0.244 e. The molecule has 6 heteroatoms. The van der Waals surface area contributed by atoms with E-state index in [2.05, 4.69) is 27.8 Å². The Morgan fingerprint density at radius 3 is 2.75 bits per heavy atom. The smallest absolute Gasteiger partial charge is 0.244 e. The van der Waals surface area contributed by atoms with E-state index in [9.17, 15) is 4.79 Å². The molecule has 1 amide bonds. The first kappa shape index (κ1) is 24.4. The predicted molar refractivity (Wildman–Crippen MR) is 151 cm³/mol. The summed E-state index contributed by atoms with van der Waals surface area (Å²) in [4.78, 5) is 20.3. The van der Waals surface area contributed by atoms with Crippen LogP contribution in [0.25, 0.3) is 27.9 Å². The number of hydrogen-bond donors (Lipinski definition) is 3. The Labute approximate surface area is 217 Å². The van der Waals surface area contributed by atoms with Crippen LogP contribution in [0.5, 0.6) is 0 Å². The van der Waals surface area contributed by atoms with Gasteiger partial charge in [-0.05, 0) is 80.0 Å². The zero-order valence-corrected chi connectivity index (χ0v) is 21.3. The Morgan fingerprint density at radius 1 is 1.00 bits per heavy atom. The van der Waals surface area contributed by atoms with Gasteiger partial charge in [-0.25, -0.2) is 0 Å². The van der Waals surface area contributed by atoms with Gasteiger partial charge in [0.05, 0.1) is 5.52 Å². The molecular formula is C30H33ClN4O. The molecular weight excluding hydrogens is 468 g/mol. The normalized spacial score (nSPS) is 13.4. The van der Waals surface area contributed by atoms with Gasteiger partial charge in [-0.15, -0.1) is 0 Å². The molecule has 4 aromatic rings. The van der Waals surface area contributed by atoms with Crippen LogP contribution in [0.15, 0.2) is 54.7 Å². The van der Waals surface area contributed by atoms with Crippen molar-refractivity contribution in [2.24, 2.45) is 0 Å². The maximum atomic E-state index is 12.2. The van der Waals surface area contributed by atoms with Crippen molar-refractivity contribution in [3.63, 3.8) is 0 Å². The van der Waals surface area contributed by atoms with Crippen molar-refractivity contribution < 1.29 is 4.79 Å². The van der Waals surface area contributed by atoms with Crippen LogP contribution in [0.3, 0.4) is 0 Å². The zero-order valence-electron chi connectivity index (χ0n) is 20.6. The number of aromatic nitrogens is 2. The summed E-state index contributed by atoms with van der Waals surface area (Å²) in [6, 6.07) is 14.1. The third kappa shape index (κ3) is 5.73. The van der Waals surface area contributed by atoms with E-state index in [-0.39, 0.29) is 5.91 Å². The van der Waals surface area contributed by atoms with Crippen molar-refractivity contribution in [2.75, 3.05) is 18.4 Å². The number of hydrogen-bond acceptors (Lipinski definition) is 3. The van der Waals surface area contributed by atoms with E-state index in [0.29, 0.717) is 6.54 Å². The molecule has 0 saturated carbocycles. The van der Waals surface area contributed by atoms with Crippen molar-refractivity contribution in [3.05, 3.63) is 76.6 Å². The van der Waals surface area contributed by atoms with Crippen LogP contribution < -0.4 is 10.6 Å². The van der Waals surface area contributed by atoms with Crippen LogP contribution in [0.2, 0.25) is 5.02 Å². The minimum atomic E-state index is -0.0450. The summed E-state index contributed by atoms with van der Waals surface area (Å²) in [7, 11) is 0. The summed E-state index contributed by atoms with van der Waals surface area (Å²) in [5.41, 5.74) is 6.96. The third-order valence-electron chi connectivity index (χ3n) is 6.97. The largest absolute Gasteiger partial charge is 0.384 e. The molecule has 2 heterocycles. The third-order valence-corrected chi connectivity index (χ3v) is 7.20. The number of fused-ring (bicyclic) bond motifs is 3. The van der Waals surface area contributed by atoms with Crippen LogP contribution in [0.4, 0.5) is 5.69 Å². The van der Waals surface area contributed by atoms with Crippen molar-refractivity contribution in [1.82, 2.24) is 15.3 Å².